The number of aliphatic carboxylic acids is 1. The first-order valence-corrected chi connectivity index (χ1v) is 2.56. The van der Waals surface area contributed by atoms with Crippen LogP contribution in [0.3, 0.4) is 0 Å². The Labute approximate surface area is 47.3 Å². The van der Waals surface area contributed by atoms with Crippen molar-refractivity contribution < 1.29 is 14.6 Å². The monoisotopic (exact) mass is 116 g/mol. The lowest BCUT2D eigenvalue weighted by Crippen LogP contribution is -2.43. The second-order valence-electron chi connectivity index (χ2n) is 2.07. The van der Waals surface area contributed by atoms with E-state index in [2.05, 4.69) is 0 Å². The van der Waals surface area contributed by atoms with Crippen molar-refractivity contribution in [3.63, 3.8) is 0 Å². The maximum atomic E-state index is 10.1. The smallest absolute Gasteiger partial charge is 0.333 e. The fraction of sp³-hybridized carbons (Fsp3) is 0.800. The van der Waals surface area contributed by atoms with Crippen LogP contribution in [0.2, 0.25) is 0 Å². The summed E-state index contributed by atoms with van der Waals surface area (Å²) in [6.07, 6.45) is -0.532. The van der Waals surface area contributed by atoms with E-state index in [0.717, 1.165) is 0 Å². The van der Waals surface area contributed by atoms with Crippen molar-refractivity contribution in [2.24, 2.45) is 5.92 Å². The van der Waals surface area contributed by atoms with Crippen LogP contribution in [-0.4, -0.2) is 23.8 Å². The van der Waals surface area contributed by atoms with Gasteiger partial charge in [0.2, 0.25) is 0 Å². The van der Waals surface area contributed by atoms with E-state index in [0.29, 0.717) is 6.61 Å². The zero-order valence-electron chi connectivity index (χ0n) is 4.63. The van der Waals surface area contributed by atoms with Crippen LogP contribution in [0.25, 0.3) is 0 Å². The SMILES string of the molecule is C[C@H]1COC1C(=O)O. The van der Waals surface area contributed by atoms with Crippen LogP contribution in [0, 0.1) is 5.92 Å². The minimum absolute atomic E-state index is 0.201. The van der Waals surface area contributed by atoms with Crippen molar-refractivity contribution in [1.82, 2.24) is 0 Å². The number of ether oxygens (including phenoxy) is 1. The Balaban J connectivity index is 2.37. The van der Waals surface area contributed by atoms with Gasteiger partial charge in [-0.1, -0.05) is 6.92 Å². The Morgan fingerprint density at radius 2 is 2.50 bits per heavy atom. The van der Waals surface area contributed by atoms with Gasteiger partial charge in [-0.3, -0.25) is 0 Å². The van der Waals surface area contributed by atoms with Gasteiger partial charge in [-0.2, -0.15) is 0 Å². The van der Waals surface area contributed by atoms with Gasteiger partial charge in [0, 0.05) is 5.92 Å². The van der Waals surface area contributed by atoms with Gasteiger partial charge in [-0.05, 0) is 0 Å². The minimum atomic E-state index is -0.844. The topological polar surface area (TPSA) is 46.5 Å². The number of rotatable bonds is 1. The van der Waals surface area contributed by atoms with Crippen LogP contribution in [0.15, 0.2) is 0 Å². The van der Waals surface area contributed by atoms with Crippen molar-refractivity contribution in [1.29, 1.82) is 0 Å². The molecule has 46 valence electrons. The molecule has 1 fully saturated rings. The molecule has 0 radical (unpaired) electrons. The van der Waals surface area contributed by atoms with Crippen LogP contribution < -0.4 is 0 Å². The number of hydrogen-bond donors (Lipinski definition) is 1. The van der Waals surface area contributed by atoms with Crippen molar-refractivity contribution in [2.75, 3.05) is 6.61 Å². The molecule has 1 N–H and O–H groups in total. The highest BCUT2D eigenvalue weighted by molar-refractivity contribution is 5.73. The Hall–Kier alpha value is -0.570. The first kappa shape index (κ1) is 5.56. The molecule has 0 aromatic rings. The molecule has 0 amide bonds. The number of carboxylic acids is 1. The summed E-state index contributed by atoms with van der Waals surface area (Å²) in [6.45, 7) is 2.46. The highest BCUT2D eigenvalue weighted by atomic mass is 16.5. The van der Waals surface area contributed by atoms with Gasteiger partial charge in [0.05, 0.1) is 6.61 Å². The Morgan fingerprint density at radius 3 is 2.50 bits per heavy atom. The van der Waals surface area contributed by atoms with Gasteiger partial charge < -0.3 is 9.84 Å². The quantitative estimate of drug-likeness (QED) is 0.528. The molecule has 1 saturated heterocycles. The number of carbonyl (C=O) groups is 1. The fourth-order valence-electron chi connectivity index (χ4n) is 0.700. The molecular weight excluding hydrogens is 108 g/mol. The summed E-state index contributed by atoms with van der Waals surface area (Å²) in [4.78, 5) is 10.1. The molecule has 1 unspecified atom stereocenters. The summed E-state index contributed by atoms with van der Waals surface area (Å²) in [5.74, 6) is -0.642. The van der Waals surface area contributed by atoms with E-state index in [1.807, 2.05) is 6.92 Å². The lowest BCUT2D eigenvalue weighted by molar-refractivity contribution is -0.175. The molecule has 0 aliphatic carbocycles. The van der Waals surface area contributed by atoms with Crippen LogP contribution >= 0.6 is 0 Å². The third kappa shape index (κ3) is 0.690. The average Bonchev–Trinajstić information content (AvgIpc) is 1.61. The van der Waals surface area contributed by atoms with E-state index in [-0.39, 0.29) is 5.92 Å². The van der Waals surface area contributed by atoms with E-state index < -0.39 is 12.1 Å². The molecule has 3 heteroatoms. The first-order valence-electron chi connectivity index (χ1n) is 2.56. The highest BCUT2D eigenvalue weighted by Gasteiger charge is 2.33. The van der Waals surface area contributed by atoms with Gasteiger partial charge in [0.25, 0.3) is 0 Å². The first-order chi connectivity index (χ1) is 3.72. The Kier molecular flexibility index (Phi) is 1.21. The molecular formula is C5H8O3. The number of hydrogen-bond acceptors (Lipinski definition) is 2. The zero-order chi connectivity index (χ0) is 6.15. The van der Waals surface area contributed by atoms with Crippen molar-refractivity contribution in [2.45, 2.75) is 13.0 Å². The molecule has 0 spiro atoms. The van der Waals surface area contributed by atoms with Gasteiger partial charge in [0.1, 0.15) is 0 Å². The molecule has 8 heavy (non-hydrogen) atoms. The van der Waals surface area contributed by atoms with Crippen LogP contribution in [0.1, 0.15) is 6.92 Å². The summed E-state index contributed by atoms with van der Waals surface area (Å²) in [5.41, 5.74) is 0. The molecule has 0 saturated carbocycles. The highest BCUT2D eigenvalue weighted by Crippen LogP contribution is 2.18. The predicted molar refractivity (Wildman–Crippen MR) is 26.5 cm³/mol. The van der Waals surface area contributed by atoms with Crippen LogP contribution in [0.5, 0.6) is 0 Å². The van der Waals surface area contributed by atoms with Crippen molar-refractivity contribution in [3.05, 3.63) is 0 Å². The van der Waals surface area contributed by atoms with Gasteiger partial charge in [0.15, 0.2) is 6.10 Å². The van der Waals surface area contributed by atoms with Crippen LogP contribution in [-0.2, 0) is 9.53 Å². The molecule has 3 nitrogen and oxygen atoms in total. The molecule has 0 aromatic heterocycles. The molecule has 1 heterocycles. The van der Waals surface area contributed by atoms with E-state index in [4.69, 9.17) is 9.84 Å². The summed E-state index contributed by atoms with van der Waals surface area (Å²) in [5, 5.41) is 8.28. The normalized spacial score (nSPS) is 36.1. The summed E-state index contributed by atoms with van der Waals surface area (Å²) in [7, 11) is 0. The summed E-state index contributed by atoms with van der Waals surface area (Å²) in [6, 6.07) is 0. The van der Waals surface area contributed by atoms with Crippen molar-refractivity contribution in [3.8, 4) is 0 Å². The zero-order valence-corrected chi connectivity index (χ0v) is 4.63. The Morgan fingerprint density at radius 1 is 1.88 bits per heavy atom. The van der Waals surface area contributed by atoms with E-state index in [1.165, 1.54) is 0 Å². The summed E-state index contributed by atoms with van der Waals surface area (Å²) >= 11 is 0. The van der Waals surface area contributed by atoms with Crippen molar-refractivity contribution >= 4 is 5.97 Å². The Bertz CT molecular complexity index is 110. The lowest BCUT2D eigenvalue weighted by Gasteiger charge is -2.30. The third-order valence-corrected chi connectivity index (χ3v) is 1.30. The van der Waals surface area contributed by atoms with E-state index >= 15 is 0 Å². The molecule has 1 aliphatic heterocycles. The van der Waals surface area contributed by atoms with Gasteiger partial charge in [-0.15, -0.1) is 0 Å². The lowest BCUT2D eigenvalue weighted by atomic mass is 10.0. The molecule has 1 aliphatic rings. The van der Waals surface area contributed by atoms with E-state index in [1.54, 1.807) is 0 Å². The van der Waals surface area contributed by atoms with Gasteiger partial charge >= 0.3 is 5.97 Å². The second-order valence-corrected chi connectivity index (χ2v) is 2.07. The second kappa shape index (κ2) is 1.74. The standard InChI is InChI=1S/C5H8O3/c1-3-2-8-4(3)5(6)7/h3-4H,2H2,1H3,(H,6,7)/t3-,4?/m0/s1. The largest absolute Gasteiger partial charge is 0.479 e. The minimum Gasteiger partial charge on any atom is -0.479 e. The molecule has 0 aromatic carbocycles. The van der Waals surface area contributed by atoms with Crippen LogP contribution in [0.4, 0.5) is 0 Å². The maximum absolute atomic E-state index is 10.1. The molecule has 1 rings (SSSR count). The van der Waals surface area contributed by atoms with Gasteiger partial charge in [-0.25, -0.2) is 4.79 Å². The molecule has 2 atom stereocenters. The fourth-order valence-corrected chi connectivity index (χ4v) is 0.700. The average molecular weight is 116 g/mol. The van der Waals surface area contributed by atoms with E-state index in [9.17, 15) is 4.79 Å². The summed E-state index contributed by atoms with van der Waals surface area (Å²) < 4.78 is 4.70. The maximum Gasteiger partial charge on any atom is 0.333 e. The molecule has 0 bridgehead atoms. The number of carboxylic acid groups (broad SMARTS) is 1. The third-order valence-electron chi connectivity index (χ3n) is 1.30. The predicted octanol–water partition coefficient (Wildman–Crippen LogP) is 0.106.